The highest BCUT2D eigenvalue weighted by Crippen LogP contribution is 2.26. The number of nitrogens with one attached hydrogen (secondary N) is 1. The maximum Gasteiger partial charge on any atom is 0.288 e. The molecule has 0 saturated carbocycles. The van der Waals surface area contributed by atoms with Crippen LogP contribution in [-0.4, -0.2) is 11.7 Å². The summed E-state index contributed by atoms with van der Waals surface area (Å²) in [4.78, 5) is 12.4. The Morgan fingerprint density at radius 3 is 2.59 bits per heavy atom. The number of alkyl halides is 2. The van der Waals surface area contributed by atoms with E-state index in [1.165, 1.54) is 41.7 Å². The highest BCUT2D eigenvalue weighted by molar-refractivity contribution is 7.99. The average Bonchev–Trinajstić information content (AvgIpc) is 2.99. The number of rotatable bonds is 5. The molecule has 0 aliphatic carbocycles. The van der Waals surface area contributed by atoms with Crippen molar-refractivity contribution in [3.05, 3.63) is 52.2 Å². The minimum atomic E-state index is -2.49. The fourth-order valence-corrected chi connectivity index (χ4v) is 2.71. The third kappa shape index (κ3) is 4.69. The quantitative estimate of drug-likeness (QED) is 0.493. The van der Waals surface area contributed by atoms with Crippen LogP contribution in [0.25, 0.3) is 6.08 Å². The molecule has 0 aliphatic heterocycles. The first kappa shape index (κ1) is 16.2. The van der Waals surface area contributed by atoms with Crippen molar-refractivity contribution in [3.63, 3.8) is 0 Å². The van der Waals surface area contributed by atoms with Crippen LogP contribution in [0.4, 0.5) is 14.5 Å². The first-order valence-electron chi connectivity index (χ1n) is 6.08. The van der Waals surface area contributed by atoms with Crippen molar-refractivity contribution in [2.75, 3.05) is 5.32 Å². The second-order valence-corrected chi connectivity index (χ2v) is 5.93. The van der Waals surface area contributed by atoms with Gasteiger partial charge < -0.3 is 5.32 Å². The smallest absolute Gasteiger partial charge is 0.288 e. The van der Waals surface area contributed by atoms with Crippen LogP contribution >= 0.6 is 23.1 Å². The molecule has 1 heterocycles. The molecule has 2 rings (SSSR count). The first-order chi connectivity index (χ1) is 10.6. The highest BCUT2D eigenvalue weighted by atomic mass is 32.2. The molecule has 0 bridgehead atoms. The van der Waals surface area contributed by atoms with Gasteiger partial charge >= 0.3 is 0 Å². The van der Waals surface area contributed by atoms with Crippen LogP contribution in [-0.2, 0) is 4.79 Å². The van der Waals surface area contributed by atoms with E-state index in [4.69, 9.17) is 5.26 Å². The van der Waals surface area contributed by atoms with Crippen LogP contribution in [0.3, 0.4) is 0 Å². The van der Waals surface area contributed by atoms with E-state index in [1.54, 1.807) is 6.07 Å². The van der Waals surface area contributed by atoms with Gasteiger partial charge in [-0.2, -0.15) is 25.4 Å². The number of benzene rings is 1. The molecule has 1 aromatic heterocycles. The lowest BCUT2D eigenvalue weighted by molar-refractivity contribution is -0.112. The van der Waals surface area contributed by atoms with Crippen LogP contribution in [0.1, 0.15) is 5.56 Å². The molecule has 112 valence electrons. The lowest BCUT2D eigenvalue weighted by Gasteiger charge is -2.05. The SMILES string of the molecule is N#C/C(=C\c1ccsc1)C(=O)Nc1ccc(SC(F)F)cc1. The van der Waals surface area contributed by atoms with E-state index < -0.39 is 11.7 Å². The predicted octanol–water partition coefficient (Wildman–Crippen LogP) is 4.61. The molecule has 0 aliphatic rings. The molecule has 0 saturated heterocycles. The molecule has 2 aromatic rings. The van der Waals surface area contributed by atoms with Crippen LogP contribution in [0, 0.1) is 11.3 Å². The number of thioether (sulfide) groups is 1. The number of carbonyl (C=O) groups is 1. The Morgan fingerprint density at radius 2 is 2.05 bits per heavy atom. The lowest BCUT2D eigenvalue weighted by atomic mass is 10.2. The van der Waals surface area contributed by atoms with Gasteiger partial charge in [0, 0.05) is 10.6 Å². The summed E-state index contributed by atoms with van der Waals surface area (Å²) < 4.78 is 24.4. The van der Waals surface area contributed by atoms with Crippen LogP contribution < -0.4 is 5.32 Å². The number of carbonyl (C=O) groups excluding carboxylic acids is 1. The predicted molar refractivity (Wildman–Crippen MR) is 84.8 cm³/mol. The minimum absolute atomic E-state index is 0.0237. The number of hydrogen-bond acceptors (Lipinski definition) is 4. The first-order valence-corrected chi connectivity index (χ1v) is 7.91. The van der Waals surface area contributed by atoms with E-state index in [2.05, 4.69) is 5.32 Å². The minimum Gasteiger partial charge on any atom is -0.321 e. The molecule has 1 amide bonds. The van der Waals surface area contributed by atoms with Crippen molar-refractivity contribution in [1.82, 2.24) is 0 Å². The molecule has 0 unspecified atom stereocenters. The number of halogens is 2. The fraction of sp³-hybridized carbons (Fsp3) is 0.0667. The Balaban J connectivity index is 2.06. The van der Waals surface area contributed by atoms with E-state index in [0.29, 0.717) is 22.3 Å². The topological polar surface area (TPSA) is 52.9 Å². The van der Waals surface area contributed by atoms with Crippen molar-refractivity contribution in [1.29, 1.82) is 5.26 Å². The van der Waals surface area contributed by atoms with Gasteiger partial charge in [-0.05, 0) is 52.7 Å². The summed E-state index contributed by atoms with van der Waals surface area (Å²) in [5.74, 6) is -3.03. The number of thiophene rings is 1. The molecule has 1 aromatic carbocycles. The largest absolute Gasteiger partial charge is 0.321 e. The van der Waals surface area contributed by atoms with Crippen LogP contribution in [0.5, 0.6) is 0 Å². The number of hydrogen-bond donors (Lipinski definition) is 1. The molecular formula is C15H10F2N2OS2. The molecular weight excluding hydrogens is 326 g/mol. The number of nitriles is 1. The molecule has 0 fully saturated rings. The molecule has 0 radical (unpaired) electrons. The standard InChI is InChI=1S/C15H10F2N2OS2/c16-15(17)22-13-3-1-12(2-4-13)19-14(20)11(8-18)7-10-5-6-21-9-10/h1-7,9,15H,(H,19,20)/b11-7+. The van der Waals surface area contributed by atoms with E-state index >= 15 is 0 Å². The third-order valence-corrected chi connectivity index (χ3v) is 3.98. The third-order valence-electron chi connectivity index (χ3n) is 2.56. The highest BCUT2D eigenvalue weighted by Gasteiger charge is 2.10. The van der Waals surface area contributed by atoms with Gasteiger partial charge in [0.25, 0.3) is 11.7 Å². The summed E-state index contributed by atoms with van der Waals surface area (Å²) in [5, 5.41) is 15.3. The molecule has 3 nitrogen and oxygen atoms in total. The number of amides is 1. The number of nitrogens with zero attached hydrogens (tertiary/aromatic N) is 1. The van der Waals surface area contributed by atoms with E-state index in [1.807, 2.05) is 16.8 Å². The lowest BCUT2D eigenvalue weighted by Crippen LogP contribution is -2.13. The molecule has 1 N–H and O–H groups in total. The fourth-order valence-electron chi connectivity index (χ4n) is 1.59. The Bertz CT molecular complexity index is 704. The summed E-state index contributed by atoms with van der Waals surface area (Å²) in [6, 6.07) is 9.65. The number of anilines is 1. The van der Waals surface area contributed by atoms with Crippen molar-refractivity contribution in [2.24, 2.45) is 0 Å². The van der Waals surface area contributed by atoms with E-state index in [9.17, 15) is 13.6 Å². The van der Waals surface area contributed by atoms with Gasteiger partial charge in [-0.3, -0.25) is 4.79 Å². The summed E-state index contributed by atoms with van der Waals surface area (Å²) in [7, 11) is 0. The maximum absolute atomic E-state index is 12.2. The van der Waals surface area contributed by atoms with Gasteiger partial charge in [-0.15, -0.1) is 0 Å². The van der Waals surface area contributed by atoms with Crippen molar-refractivity contribution < 1.29 is 13.6 Å². The van der Waals surface area contributed by atoms with Gasteiger partial charge in [0.05, 0.1) is 0 Å². The molecule has 22 heavy (non-hydrogen) atoms. The van der Waals surface area contributed by atoms with Gasteiger partial charge in [0.15, 0.2) is 0 Å². The monoisotopic (exact) mass is 336 g/mol. The zero-order chi connectivity index (χ0) is 15.9. The molecule has 0 atom stereocenters. The van der Waals surface area contributed by atoms with Gasteiger partial charge in [-0.25, -0.2) is 0 Å². The second kappa shape index (κ2) is 7.73. The van der Waals surface area contributed by atoms with Crippen LogP contribution in [0.15, 0.2) is 51.6 Å². The Labute approximate surface area is 134 Å². The summed E-state index contributed by atoms with van der Waals surface area (Å²) >= 11 is 1.90. The van der Waals surface area contributed by atoms with E-state index in [-0.39, 0.29) is 5.57 Å². The van der Waals surface area contributed by atoms with Gasteiger partial charge in [0.2, 0.25) is 0 Å². The zero-order valence-corrected chi connectivity index (χ0v) is 12.8. The van der Waals surface area contributed by atoms with Crippen molar-refractivity contribution in [2.45, 2.75) is 10.7 Å². The summed E-state index contributed by atoms with van der Waals surface area (Å²) in [6.07, 6.45) is 1.49. The summed E-state index contributed by atoms with van der Waals surface area (Å²) in [5.41, 5.74) is 1.19. The average molecular weight is 336 g/mol. The van der Waals surface area contributed by atoms with Crippen molar-refractivity contribution in [3.8, 4) is 6.07 Å². The van der Waals surface area contributed by atoms with E-state index in [0.717, 1.165) is 5.56 Å². The normalized spacial score (nSPS) is 11.3. The second-order valence-electron chi connectivity index (χ2n) is 4.08. The zero-order valence-electron chi connectivity index (χ0n) is 11.1. The Morgan fingerprint density at radius 1 is 1.32 bits per heavy atom. The van der Waals surface area contributed by atoms with Crippen LogP contribution in [0.2, 0.25) is 0 Å². The van der Waals surface area contributed by atoms with Gasteiger partial charge in [-0.1, -0.05) is 11.8 Å². The molecule has 0 spiro atoms. The van der Waals surface area contributed by atoms with Crippen molar-refractivity contribution >= 4 is 40.8 Å². The molecule has 7 heteroatoms. The Kier molecular flexibility index (Phi) is 5.69. The van der Waals surface area contributed by atoms with Gasteiger partial charge in [0.1, 0.15) is 11.6 Å². The maximum atomic E-state index is 12.2. The Hall–Kier alpha value is -2.17. The summed E-state index contributed by atoms with van der Waals surface area (Å²) in [6.45, 7) is 0.